The SMILES string of the molecule is O=C(CCC(=O)N1CC(O)C1)c1ccc2c(c1)CCCC2. The lowest BCUT2D eigenvalue weighted by Crippen LogP contribution is -2.53. The van der Waals surface area contributed by atoms with Crippen molar-refractivity contribution >= 4 is 11.7 Å². The summed E-state index contributed by atoms with van der Waals surface area (Å²) >= 11 is 0. The van der Waals surface area contributed by atoms with E-state index in [-0.39, 0.29) is 30.6 Å². The van der Waals surface area contributed by atoms with E-state index in [1.54, 1.807) is 4.90 Å². The molecule has 0 saturated carbocycles. The fourth-order valence-corrected chi connectivity index (χ4v) is 3.09. The molecule has 1 saturated heterocycles. The number of benzene rings is 1. The van der Waals surface area contributed by atoms with Crippen molar-refractivity contribution in [2.75, 3.05) is 13.1 Å². The van der Waals surface area contributed by atoms with Gasteiger partial charge in [0, 0.05) is 31.5 Å². The third kappa shape index (κ3) is 3.16. The summed E-state index contributed by atoms with van der Waals surface area (Å²) in [4.78, 5) is 25.6. The highest BCUT2D eigenvalue weighted by Gasteiger charge is 2.28. The molecule has 1 fully saturated rings. The number of ketones is 1. The van der Waals surface area contributed by atoms with Crippen LogP contribution in [0, 0.1) is 0 Å². The van der Waals surface area contributed by atoms with Gasteiger partial charge in [0.2, 0.25) is 5.91 Å². The molecule has 1 heterocycles. The first-order chi connectivity index (χ1) is 10.1. The summed E-state index contributed by atoms with van der Waals surface area (Å²) in [6.45, 7) is 0.817. The van der Waals surface area contributed by atoms with Crippen LogP contribution in [0.5, 0.6) is 0 Å². The van der Waals surface area contributed by atoms with Crippen LogP contribution < -0.4 is 0 Å². The zero-order valence-corrected chi connectivity index (χ0v) is 12.2. The zero-order valence-electron chi connectivity index (χ0n) is 12.2. The van der Waals surface area contributed by atoms with Gasteiger partial charge in [-0.1, -0.05) is 12.1 Å². The number of carbonyl (C=O) groups excluding carboxylic acids is 2. The van der Waals surface area contributed by atoms with Crippen molar-refractivity contribution in [1.29, 1.82) is 0 Å². The van der Waals surface area contributed by atoms with E-state index in [1.165, 1.54) is 24.0 Å². The molecule has 1 amide bonds. The molecule has 1 aliphatic heterocycles. The van der Waals surface area contributed by atoms with E-state index in [0.717, 1.165) is 18.4 Å². The smallest absolute Gasteiger partial charge is 0.223 e. The van der Waals surface area contributed by atoms with E-state index >= 15 is 0 Å². The molecular weight excluding hydrogens is 266 g/mol. The van der Waals surface area contributed by atoms with Crippen LogP contribution in [0.4, 0.5) is 0 Å². The van der Waals surface area contributed by atoms with E-state index in [4.69, 9.17) is 0 Å². The first kappa shape index (κ1) is 14.3. The Kier molecular flexibility index (Phi) is 4.06. The van der Waals surface area contributed by atoms with Gasteiger partial charge in [-0.25, -0.2) is 0 Å². The fraction of sp³-hybridized carbons (Fsp3) is 0.529. The van der Waals surface area contributed by atoms with Crippen LogP contribution in [0.3, 0.4) is 0 Å². The average molecular weight is 287 g/mol. The van der Waals surface area contributed by atoms with Crippen LogP contribution in [0.2, 0.25) is 0 Å². The van der Waals surface area contributed by atoms with Crippen molar-refractivity contribution in [3.8, 4) is 0 Å². The summed E-state index contributed by atoms with van der Waals surface area (Å²) in [6, 6.07) is 5.97. The summed E-state index contributed by atoms with van der Waals surface area (Å²) in [5.41, 5.74) is 3.39. The summed E-state index contributed by atoms with van der Waals surface area (Å²) < 4.78 is 0. The van der Waals surface area contributed by atoms with Crippen LogP contribution in [0.25, 0.3) is 0 Å². The lowest BCUT2D eigenvalue weighted by atomic mass is 9.89. The van der Waals surface area contributed by atoms with Crippen LogP contribution in [0.1, 0.15) is 47.2 Å². The molecule has 1 N–H and O–H groups in total. The number of aliphatic hydroxyl groups excluding tert-OH is 1. The number of β-amino-alcohol motifs (C(OH)–C–C–N with tert-alkyl or cyclic N) is 1. The minimum atomic E-state index is -0.384. The molecule has 2 aliphatic rings. The van der Waals surface area contributed by atoms with Gasteiger partial charge in [-0.2, -0.15) is 0 Å². The minimum Gasteiger partial charge on any atom is -0.389 e. The predicted molar refractivity (Wildman–Crippen MR) is 79.2 cm³/mol. The van der Waals surface area contributed by atoms with Crippen LogP contribution in [-0.2, 0) is 17.6 Å². The number of likely N-dealkylation sites (tertiary alicyclic amines) is 1. The molecule has 3 rings (SSSR count). The van der Waals surface area contributed by atoms with Gasteiger partial charge in [-0.3, -0.25) is 9.59 Å². The molecule has 1 aromatic rings. The molecule has 0 radical (unpaired) electrons. The van der Waals surface area contributed by atoms with Crippen molar-refractivity contribution in [3.63, 3.8) is 0 Å². The second-order valence-electron chi connectivity index (χ2n) is 6.07. The monoisotopic (exact) mass is 287 g/mol. The number of fused-ring (bicyclic) bond motifs is 1. The van der Waals surface area contributed by atoms with E-state index in [0.29, 0.717) is 13.1 Å². The van der Waals surface area contributed by atoms with Crippen molar-refractivity contribution in [2.24, 2.45) is 0 Å². The van der Waals surface area contributed by atoms with Gasteiger partial charge in [-0.15, -0.1) is 0 Å². The Balaban J connectivity index is 1.56. The molecule has 0 bridgehead atoms. The number of carbonyl (C=O) groups is 2. The standard InChI is InChI=1S/C17H21NO3/c19-15-10-18(11-15)17(21)8-7-16(20)14-6-5-12-3-1-2-4-13(12)9-14/h5-6,9,15,19H,1-4,7-8,10-11H2. The summed E-state index contributed by atoms with van der Waals surface area (Å²) in [7, 11) is 0. The summed E-state index contributed by atoms with van der Waals surface area (Å²) in [5, 5.41) is 9.17. The maximum Gasteiger partial charge on any atom is 0.223 e. The lowest BCUT2D eigenvalue weighted by molar-refractivity contribution is -0.141. The molecule has 1 aromatic carbocycles. The Morgan fingerprint density at radius 1 is 1.10 bits per heavy atom. The summed E-state index contributed by atoms with van der Waals surface area (Å²) in [5.74, 6) is 0.00408. The molecule has 112 valence electrons. The minimum absolute atomic E-state index is 0.0355. The fourth-order valence-electron chi connectivity index (χ4n) is 3.09. The van der Waals surface area contributed by atoms with E-state index < -0.39 is 0 Å². The van der Waals surface area contributed by atoms with E-state index in [2.05, 4.69) is 6.07 Å². The second-order valence-corrected chi connectivity index (χ2v) is 6.07. The molecular formula is C17H21NO3. The van der Waals surface area contributed by atoms with Crippen molar-refractivity contribution in [3.05, 3.63) is 34.9 Å². The first-order valence-corrected chi connectivity index (χ1v) is 7.74. The largest absolute Gasteiger partial charge is 0.389 e. The highest BCUT2D eigenvalue weighted by molar-refractivity contribution is 5.98. The van der Waals surface area contributed by atoms with Gasteiger partial charge in [-0.05, 0) is 42.9 Å². The van der Waals surface area contributed by atoms with Crippen LogP contribution in [-0.4, -0.2) is 40.9 Å². The number of hydrogen-bond acceptors (Lipinski definition) is 3. The van der Waals surface area contributed by atoms with Crippen LogP contribution >= 0.6 is 0 Å². The molecule has 4 heteroatoms. The normalized spacial score (nSPS) is 18.0. The van der Waals surface area contributed by atoms with Crippen molar-refractivity contribution in [1.82, 2.24) is 4.90 Å². The number of hydrogen-bond donors (Lipinski definition) is 1. The molecule has 0 aromatic heterocycles. The molecule has 0 atom stereocenters. The predicted octanol–water partition coefficient (Wildman–Crippen LogP) is 1.73. The lowest BCUT2D eigenvalue weighted by Gasteiger charge is -2.35. The number of nitrogens with zero attached hydrogens (tertiary/aromatic N) is 1. The number of amides is 1. The van der Waals surface area contributed by atoms with E-state index in [1.807, 2.05) is 12.1 Å². The first-order valence-electron chi connectivity index (χ1n) is 7.74. The highest BCUT2D eigenvalue weighted by atomic mass is 16.3. The van der Waals surface area contributed by atoms with Gasteiger partial charge < -0.3 is 10.0 Å². The number of rotatable bonds is 4. The Morgan fingerprint density at radius 3 is 2.52 bits per heavy atom. The topological polar surface area (TPSA) is 57.6 Å². The van der Waals surface area contributed by atoms with Gasteiger partial charge in [0.05, 0.1) is 6.10 Å². The maximum absolute atomic E-state index is 12.2. The molecule has 4 nitrogen and oxygen atoms in total. The Bertz CT molecular complexity index is 561. The molecule has 21 heavy (non-hydrogen) atoms. The maximum atomic E-state index is 12.2. The van der Waals surface area contributed by atoms with Crippen molar-refractivity contribution in [2.45, 2.75) is 44.6 Å². The molecule has 0 unspecified atom stereocenters. The van der Waals surface area contributed by atoms with Gasteiger partial charge in [0.1, 0.15) is 0 Å². The Hall–Kier alpha value is -1.68. The Morgan fingerprint density at radius 2 is 1.81 bits per heavy atom. The van der Waals surface area contributed by atoms with Gasteiger partial charge in [0.15, 0.2) is 5.78 Å². The second kappa shape index (κ2) is 5.98. The summed E-state index contributed by atoms with van der Waals surface area (Å²) in [6.07, 6.45) is 4.70. The molecule has 1 aliphatic carbocycles. The highest BCUT2D eigenvalue weighted by Crippen LogP contribution is 2.23. The average Bonchev–Trinajstić information content (AvgIpc) is 2.48. The number of Topliss-reactive ketones (excluding diaryl/α,β-unsaturated/α-hetero) is 1. The van der Waals surface area contributed by atoms with Crippen molar-refractivity contribution < 1.29 is 14.7 Å². The van der Waals surface area contributed by atoms with Crippen LogP contribution in [0.15, 0.2) is 18.2 Å². The molecule has 0 spiro atoms. The third-order valence-electron chi connectivity index (χ3n) is 4.45. The third-order valence-corrected chi connectivity index (χ3v) is 4.45. The van der Waals surface area contributed by atoms with Gasteiger partial charge >= 0.3 is 0 Å². The van der Waals surface area contributed by atoms with Gasteiger partial charge in [0.25, 0.3) is 0 Å². The Labute approximate surface area is 124 Å². The number of aliphatic hydroxyl groups is 1. The number of aryl methyl sites for hydroxylation is 2. The van der Waals surface area contributed by atoms with E-state index in [9.17, 15) is 14.7 Å². The quantitative estimate of drug-likeness (QED) is 0.858. The zero-order chi connectivity index (χ0) is 14.8.